The van der Waals surface area contributed by atoms with Crippen molar-refractivity contribution in [2.45, 2.75) is 25.6 Å². The van der Waals surface area contributed by atoms with Crippen LogP contribution in [0, 0.1) is 12.8 Å². The molecule has 27 heavy (non-hydrogen) atoms. The third kappa shape index (κ3) is 4.37. The summed E-state index contributed by atoms with van der Waals surface area (Å²) in [6, 6.07) is 1.26. The van der Waals surface area contributed by atoms with Gasteiger partial charge in [-0.3, -0.25) is 18.8 Å². The minimum atomic E-state index is -4.59. The van der Waals surface area contributed by atoms with Gasteiger partial charge in [-0.15, -0.1) is 0 Å². The van der Waals surface area contributed by atoms with Crippen molar-refractivity contribution in [3.8, 4) is 0 Å². The summed E-state index contributed by atoms with van der Waals surface area (Å²) in [6.45, 7) is 1.59. The van der Waals surface area contributed by atoms with Crippen LogP contribution in [-0.2, 0) is 20.4 Å². The number of amides is 2. The fourth-order valence-corrected chi connectivity index (χ4v) is 4.02. The van der Waals surface area contributed by atoms with Crippen molar-refractivity contribution in [1.29, 1.82) is 0 Å². The first-order valence-electron chi connectivity index (χ1n) is 8.30. The van der Waals surface area contributed by atoms with E-state index in [1.54, 1.807) is 19.1 Å². The highest BCUT2D eigenvalue weighted by Gasteiger charge is 2.45. The van der Waals surface area contributed by atoms with Gasteiger partial charge in [0.1, 0.15) is 6.04 Å². The highest BCUT2D eigenvalue weighted by Crippen LogP contribution is 2.33. The zero-order valence-corrected chi connectivity index (χ0v) is 15.2. The quantitative estimate of drug-likeness (QED) is 0.791. The van der Waals surface area contributed by atoms with E-state index in [0.717, 1.165) is 5.56 Å². The fourth-order valence-electron chi connectivity index (χ4n) is 2.92. The van der Waals surface area contributed by atoms with Gasteiger partial charge in [-0.1, -0.05) is 6.07 Å². The molecule has 2 N–H and O–H groups in total. The van der Waals surface area contributed by atoms with Crippen LogP contribution in [0.15, 0.2) is 23.9 Å². The monoisotopic (exact) mass is 401 g/mol. The minimum absolute atomic E-state index is 0.0562. The number of alkyl halides is 3. The summed E-state index contributed by atoms with van der Waals surface area (Å²) in [5.41, 5.74) is 1.33. The molecule has 1 atom stereocenters. The molecule has 0 aliphatic carbocycles. The number of aromatic nitrogens is 1. The van der Waals surface area contributed by atoms with E-state index < -0.39 is 35.3 Å². The molecule has 2 aliphatic rings. The second kappa shape index (κ2) is 7.41. The molecule has 146 valence electrons. The molecule has 2 aliphatic heterocycles. The third-order valence-electron chi connectivity index (χ3n) is 4.55. The summed E-state index contributed by atoms with van der Waals surface area (Å²) in [6.07, 6.45) is -3.53. The minimum Gasteiger partial charge on any atom is -0.352 e. The first-order valence-corrected chi connectivity index (χ1v) is 9.79. The number of hydrogen-bond donors (Lipinski definition) is 2. The van der Waals surface area contributed by atoms with E-state index in [1.165, 1.54) is 6.20 Å². The second-order valence-corrected chi connectivity index (χ2v) is 8.18. The van der Waals surface area contributed by atoms with Gasteiger partial charge in [0.2, 0.25) is 11.8 Å². The average Bonchev–Trinajstić information content (AvgIpc) is 2.57. The van der Waals surface area contributed by atoms with Crippen molar-refractivity contribution in [2.24, 2.45) is 5.92 Å². The molecule has 0 unspecified atom stereocenters. The van der Waals surface area contributed by atoms with Gasteiger partial charge in [0.05, 0.1) is 11.6 Å². The van der Waals surface area contributed by atoms with Crippen LogP contribution >= 0.6 is 0 Å². The summed E-state index contributed by atoms with van der Waals surface area (Å²) in [5, 5.41) is 4.52. The molecule has 2 amide bonds. The number of halogens is 3. The molecule has 1 saturated heterocycles. The van der Waals surface area contributed by atoms with Gasteiger partial charge in [0.25, 0.3) is 0 Å². The van der Waals surface area contributed by atoms with Crippen LogP contribution in [0.5, 0.6) is 0 Å². The smallest absolute Gasteiger partial charge is 0.352 e. The lowest BCUT2D eigenvalue weighted by atomic mass is 9.91. The lowest BCUT2D eigenvalue weighted by Crippen LogP contribution is -2.51. The number of hydrogen-bond acceptors (Lipinski definition) is 4. The van der Waals surface area contributed by atoms with Gasteiger partial charge in [-0.05, 0) is 24.1 Å². The zero-order valence-electron chi connectivity index (χ0n) is 14.4. The standard InChI is InChI=1S/C17H18F3N3O3S/c1-9-2-3-13(21-5-9)11-4-14(17(18,19)20)23-16(25)12(11)6-22-15(24)10-7-27(26)8-10/h2-3,5,10,14H,4,6-8H2,1H3,(H,22,24)(H,23,25)/t10?,14-,27?/m1/s1. The van der Waals surface area contributed by atoms with Crippen LogP contribution in [0.1, 0.15) is 17.7 Å². The number of pyridine rings is 1. The maximum Gasteiger partial charge on any atom is 0.408 e. The number of carbonyl (C=O) groups excluding carboxylic acids is 2. The first kappa shape index (κ1) is 19.5. The topological polar surface area (TPSA) is 88.2 Å². The van der Waals surface area contributed by atoms with Crippen LogP contribution in [0.3, 0.4) is 0 Å². The number of rotatable bonds is 4. The SMILES string of the molecule is Cc1ccc(C2=C(CNC(=O)C3CS(=O)C3)C(=O)N[C@@H](C(F)(F)F)C2)nc1. The Morgan fingerprint density at radius 3 is 2.63 bits per heavy atom. The van der Waals surface area contributed by atoms with E-state index in [-0.39, 0.29) is 46.7 Å². The van der Waals surface area contributed by atoms with E-state index in [2.05, 4.69) is 10.3 Å². The van der Waals surface area contributed by atoms with Crippen molar-refractivity contribution in [3.63, 3.8) is 0 Å². The van der Waals surface area contributed by atoms with Gasteiger partial charge in [0.15, 0.2) is 0 Å². The summed E-state index contributed by atoms with van der Waals surface area (Å²) < 4.78 is 50.6. The molecule has 0 radical (unpaired) electrons. The zero-order chi connectivity index (χ0) is 19.8. The molecule has 1 fully saturated rings. The summed E-state index contributed by atoms with van der Waals surface area (Å²) in [7, 11) is -0.999. The Labute approximate surface area is 156 Å². The maximum absolute atomic E-state index is 13.1. The van der Waals surface area contributed by atoms with Crippen molar-refractivity contribution in [2.75, 3.05) is 18.1 Å². The lowest BCUT2D eigenvalue weighted by molar-refractivity contribution is -0.160. The first-order chi connectivity index (χ1) is 12.6. The van der Waals surface area contributed by atoms with Gasteiger partial charge in [-0.2, -0.15) is 13.2 Å². The van der Waals surface area contributed by atoms with Crippen LogP contribution in [-0.4, -0.2) is 51.3 Å². The summed E-state index contributed by atoms with van der Waals surface area (Å²) in [4.78, 5) is 28.5. The molecule has 10 heteroatoms. The number of nitrogens with one attached hydrogen (secondary N) is 2. The van der Waals surface area contributed by atoms with Crippen LogP contribution in [0.25, 0.3) is 5.57 Å². The molecule has 1 aromatic rings. The van der Waals surface area contributed by atoms with E-state index in [9.17, 15) is 27.0 Å². The van der Waals surface area contributed by atoms with E-state index >= 15 is 0 Å². The molecule has 0 aromatic carbocycles. The van der Waals surface area contributed by atoms with Gasteiger partial charge in [-0.25, -0.2) is 0 Å². The van der Waals surface area contributed by atoms with Gasteiger partial charge < -0.3 is 10.6 Å². The third-order valence-corrected chi connectivity index (χ3v) is 6.10. The number of carbonyl (C=O) groups is 2. The molecular formula is C17H18F3N3O3S. The second-order valence-electron chi connectivity index (χ2n) is 6.64. The summed E-state index contributed by atoms with van der Waals surface area (Å²) >= 11 is 0. The van der Waals surface area contributed by atoms with Crippen molar-refractivity contribution in [1.82, 2.24) is 15.6 Å². The largest absolute Gasteiger partial charge is 0.408 e. The lowest BCUT2D eigenvalue weighted by Gasteiger charge is -2.30. The Morgan fingerprint density at radius 1 is 1.37 bits per heavy atom. The molecular weight excluding hydrogens is 383 g/mol. The molecule has 6 nitrogen and oxygen atoms in total. The highest BCUT2D eigenvalue weighted by atomic mass is 32.2. The van der Waals surface area contributed by atoms with E-state index in [1.807, 2.05) is 5.32 Å². The van der Waals surface area contributed by atoms with Crippen LogP contribution in [0.4, 0.5) is 13.2 Å². The predicted molar refractivity (Wildman–Crippen MR) is 92.9 cm³/mol. The molecule has 3 rings (SSSR count). The fraction of sp³-hybridized carbons (Fsp3) is 0.471. The average molecular weight is 401 g/mol. The Bertz CT molecular complexity index is 813. The predicted octanol–water partition coefficient (Wildman–Crippen LogP) is 1.09. The molecule has 0 bridgehead atoms. The molecule has 1 aromatic heterocycles. The Hall–Kier alpha value is -2.23. The van der Waals surface area contributed by atoms with E-state index in [4.69, 9.17) is 0 Å². The molecule has 0 spiro atoms. The normalized spacial score (nSPS) is 25.6. The van der Waals surface area contributed by atoms with Crippen LogP contribution in [0.2, 0.25) is 0 Å². The Morgan fingerprint density at radius 2 is 2.07 bits per heavy atom. The van der Waals surface area contributed by atoms with Crippen molar-refractivity contribution in [3.05, 3.63) is 35.2 Å². The van der Waals surface area contributed by atoms with Crippen molar-refractivity contribution >= 4 is 28.2 Å². The molecule has 0 saturated carbocycles. The van der Waals surface area contributed by atoms with Gasteiger partial charge >= 0.3 is 6.18 Å². The van der Waals surface area contributed by atoms with E-state index in [0.29, 0.717) is 0 Å². The summed E-state index contributed by atoms with van der Waals surface area (Å²) in [5.74, 6) is -1.09. The Kier molecular flexibility index (Phi) is 5.36. The number of aryl methyl sites for hydroxylation is 1. The van der Waals surface area contributed by atoms with Crippen LogP contribution < -0.4 is 10.6 Å². The number of nitrogens with zero attached hydrogens (tertiary/aromatic N) is 1. The maximum atomic E-state index is 13.1. The van der Waals surface area contributed by atoms with Crippen molar-refractivity contribution < 1.29 is 27.0 Å². The van der Waals surface area contributed by atoms with Gasteiger partial charge in [0, 0.05) is 47.0 Å². The Balaban J connectivity index is 1.86. The highest BCUT2D eigenvalue weighted by molar-refractivity contribution is 7.86. The molecule has 3 heterocycles.